The molecule has 0 amide bonds. The van der Waals surface area contributed by atoms with Gasteiger partial charge in [0.15, 0.2) is 0 Å². The molecule has 2 aromatic rings. The van der Waals surface area contributed by atoms with E-state index < -0.39 is 0 Å². The maximum absolute atomic E-state index is 6.55. The van der Waals surface area contributed by atoms with Crippen molar-refractivity contribution in [3.63, 3.8) is 0 Å². The first kappa shape index (κ1) is 38.9. The summed E-state index contributed by atoms with van der Waals surface area (Å²) in [5, 5.41) is 0. The molecule has 0 atom stereocenters. The number of aryl methyl sites for hydroxylation is 2. The second-order valence-corrected chi connectivity index (χ2v) is 13.4. The molecule has 0 spiro atoms. The van der Waals surface area contributed by atoms with Crippen LogP contribution < -0.4 is 4.74 Å². The average Bonchev–Trinajstić information content (AvgIpc) is 3.04. The highest BCUT2D eigenvalue weighted by Crippen LogP contribution is 2.32. The second-order valence-electron chi connectivity index (χ2n) is 13.4. The molecule has 1 heteroatoms. The molecule has 0 aliphatic carbocycles. The van der Waals surface area contributed by atoms with Gasteiger partial charge in [-0.3, -0.25) is 0 Å². The van der Waals surface area contributed by atoms with Crippen molar-refractivity contribution in [3.8, 4) is 11.5 Å². The summed E-state index contributed by atoms with van der Waals surface area (Å²) in [7, 11) is 0. The van der Waals surface area contributed by atoms with Crippen molar-refractivity contribution in [1.82, 2.24) is 0 Å². The highest BCUT2D eigenvalue weighted by molar-refractivity contribution is 5.46. The standard InChI is InChI=1S/C44H70O/c1-5-7-9-11-13-15-17-19-21-23-25-27-29-33-41-35-31-37-43(39(41)3)45-44-38-32-36-42(40(44)4)34-30-28-26-24-22-20-18-16-14-12-10-8-6-2/h15-18,31-32,35-38H,5-14,19-30,33-34H2,1-4H3. The zero-order valence-electron chi connectivity index (χ0n) is 30.2. The second kappa shape index (κ2) is 26.9. The Morgan fingerprint density at radius 1 is 0.422 bits per heavy atom. The molecule has 0 saturated heterocycles. The van der Waals surface area contributed by atoms with Crippen LogP contribution in [-0.2, 0) is 12.8 Å². The van der Waals surface area contributed by atoms with Crippen LogP contribution in [0.1, 0.15) is 177 Å². The fraction of sp³-hybridized carbons (Fsp3) is 0.636. The first-order chi connectivity index (χ1) is 22.2. The van der Waals surface area contributed by atoms with Crippen LogP contribution in [0.2, 0.25) is 0 Å². The molecule has 0 saturated carbocycles. The third kappa shape index (κ3) is 18.5. The van der Waals surface area contributed by atoms with Gasteiger partial charge in [0.05, 0.1) is 0 Å². The fourth-order valence-electron chi connectivity index (χ4n) is 6.27. The van der Waals surface area contributed by atoms with Crippen LogP contribution in [0.3, 0.4) is 0 Å². The number of hydrogen-bond acceptors (Lipinski definition) is 1. The molecule has 0 heterocycles. The van der Waals surface area contributed by atoms with Crippen molar-refractivity contribution in [2.45, 2.75) is 182 Å². The lowest BCUT2D eigenvalue weighted by atomic mass is 9.99. The Bertz CT molecular complexity index is 961. The molecule has 252 valence electrons. The van der Waals surface area contributed by atoms with Crippen molar-refractivity contribution < 1.29 is 4.74 Å². The molecular formula is C44H70O. The Labute approximate surface area is 280 Å². The van der Waals surface area contributed by atoms with Gasteiger partial charge in [0.1, 0.15) is 11.5 Å². The van der Waals surface area contributed by atoms with E-state index in [9.17, 15) is 0 Å². The highest BCUT2D eigenvalue weighted by atomic mass is 16.5. The molecule has 0 aliphatic heterocycles. The van der Waals surface area contributed by atoms with Gasteiger partial charge < -0.3 is 4.74 Å². The van der Waals surface area contributed by atoms with Crippen molar-refractivity contribution in [2.24, 2.45) is 0 Å². The van der Waals surface area contributed by atoms with Gasteiger partial charge in [0, 0.05) is 0 Å². The lowest BCUT2D eigenvalue weighted by Gasteiger charge is -2.16. The van der Waals surface area contributed by atoms with Crippen LogP contribution in [0.15, 0.2) is 60.7 Å². The molecule has 0 bridgehead atoms. The molecule has 2 aromatic carbocycles. The van der Waals surface area contributed by atoms with Gasteiger partial charge in [-0.25, -0.2) is 0 Å². The number of rotatable bonds is 28. The summed E-state index contributed by atoms with van der Waals surface area (Å²) in [5.41, 5.74) is 5.49. The number of benzene rings is 2. The summed E-state index contributed by atoms with van der Waals surface area (Å²) in [5.74, 6) is 2.04. The summed E-state index contributed by atoms with van der Waals surface area (Å²) in [6.45, 7) is 9.04. The number of allylic oxidation sites excluding steroid dienone is 4. The van der Waals surface area contributed by atoms with Crippen LogP contribution >= 0.6 is 0 Å². The third-order valence-electron chi connectivity index (χ3n) is 9.43. The van der Waals surface area contributed by atoms with E-state index in [-0.39, 0.29) is 0 Å². The van der Waals surface area contributed by atoms with Crippen LogP contribution in [0.4, 0.5) is 0 Å². The maximum Gasteiger partial charge on any atom is 0.130 e. The van der Waals surface area contributed by atoms with Crippen LogP contribution in [0.25, 0.3) is 0 Å². The van der Waals surface area contributed by atoms with Crippen LogP contribution in [0, 0.1) is 13.8 Å². The van der Waals surface area contributed by atoms with E-state index in [0.29, 0.717) is 0 Å². The van der Waals surface area contributed by atoms with Gasteiger partial charge in [-0.2, -0.15) is 0 Å². The minimum atomic E-state index is 1.02. The Morgan fingerprint density at radius 3 is 1.13 bits per heavy atom. The summed E-state index contributed by atoms with van der Waals surface area (Å²) in [4.78, 5) is 0. The minimum absolute atomic E-state index is 1.02. The van der Waals surface area contributed by atoms with E-state index in [2.05, 4.69) is 88.4 Å². The van der Waals surface area contributed by atoms with E-state index in [1.807, 2.05) is 0 Å². The summed E-state index contributed by atoms with van der Waals surface area (Å²) >= 11 is 0. The molecule has 45 heavy (non-hydrogen) atoms. The number of hydrogen-bond donors (Lipinski definition) is 0. The van der Waals surface area contributed by atoms with Crippen LogP contribution in [0.5, 0.6) is 11.5 Å². The maximum atomic E-state index is 6.55. The number of ether oxygens (including phenoxy) is 1. The topological polar surface area (TPSA) is 9.23 Å². The van der Waals surface area contributed by atoms with Gasteiger partial charge in [0.2, 0.25) is 0 Å². The van der Waals surface area contributed by atoms with Crippen molar-refractivity contribution in [1.29, 1.82) is 0 Å². The van der Waals surface area contributed by atoms with E-state index in [1.54, 1.807) is 0 Å². The fourth-order valence-corrected chi connectivity index (χ4v) is 6.27. The van der Waals surface area contributed by atoms with Crippen LogP contribution in [-0.4, -0.2) is 0 Å². The molecular weight excluding hydrogens is 544 g/mol. The molecule has 1 nitrogen and oxygen atoms in total. The van der Waals surface area contributed by atoms with Gasteiger partial charge in [0.25, 0.3) is 0 Å². The first-order valence-electron chi connectivity index (χ1n) is 19.3. The zero-order valence-corrected chi connectivity index (χ0v) is 30.2. The molecule has 0 N–H and O–H groups in total. The van der Waals surface area contributed by atoms with Gasteiger partial charge in [-0.1, -0.05) is 139 Å². The van der Waals surface area contributed by atoms with E-state index in [1.165, 1.54) is 164 Å². The van der Waals surface area contributed by atoms with Gasteiger partial charge >= 0.3 is 0 Å². The molecule has 2 rings (SSSR count). The lowest BCUT2D eigenvalue weighted by Crippen LogP contribution is -1.97. The Balaban J connectivity index is 1.64. The van der Waals surface area contributed by atoms with Gasteiger partial charge in [-0.05, 0) is 125 Å². The molecule has 0 aromatic heterocycles. The third-order valence-corrected chi connectivity index (χ3v) is 9.43. The molecule has 0 unspecified atom stereocenters. The zero-order chi connectivity index (χ0) is 32.2. The van der Waals surface area contributed by atoms with Crippen molar-refractivity contribution >= 4 is 0 Å². The molecule has 0 radical (unpaired) electrons. The summed E-state index contributed by atoms with van der Waals surface area (Å²) in [6, 6.07) is 13.2. The monoisotopic (exact) mass is 615 g/mol. The summed E-state index contributed by atoms with van der Waals surface area (Å²) in [6.07, 6.45) is 41.2. The van der Waals surface area contributed by atoms with E-state index in [4.69, 9.17) is 4.74 Å². The smallest absolute Gasteiger partial charge is 0.130 e. The Kier molecular flexibility index (Phi) is 23.2. The number of unbranched alkanes of at least 4 members (excludes halogenated alkanes) is 18. The minimum Gasteiger partial charge on any atom is -0.457 e. The van der Waals surface area contributed by atoms with E-state index >= 15 is 0 Å². The average molecular weight is 615 g/mol. The van der Waals surface area contributed by atoms with Crippen molar-refractivity contribution in [2.75, 3.05) is 0 Å². The lowest BCUT2D eigenvalue weighted by molar-refractivity contribution is 0.472. The summed E-state index contributed by atoms with van der Waals surface area (Å²) < 4.78 is 6.55. The normalized spacial score (nSPS) is 11.7. The quantitative estimate of drug-likeness (QED) is 0.0684. The predicted octanol–water partition coefficient (Wildman–Crippen LogP) is 14.9. The Hall–Kier alpha value is -2.28. The molecule has 0 aliphatic rings. The SMILES string of the molecule is CCCCCCC=CCCCCCCCc1cccc(Oc2cccc(CCCCCCCC=CCCCCCC)c2C)c1C. The molecule has 0 fully saturated rings. The Morgan fingerprint density at radius 2 is 0.756 bits per heavy atom. The van der Waals surface area contributed by atoms with Crippen molar-refractivity contribution in [3.05, 3.63) is 83.0 Å². The van der Waals surface area contributed by atoms with E-state index in [0.717, 1.165) is 24.3 Å². The largest absolute Gasteiger partial charge is 0.457 e. The predicted molar refractivity (Wildman–Crippen MR) is 201 cm³/mol. The first-order valence-corrected chi connectivity index (χ1v) is 19.3. The highest BCUT2D eigenvalue weighted by Gasteiger charge is 2.10. The van der Waals surface area contributed by atoms with Gasteiger partial charge in [-0.15, -0.1) is 0 Å².